The van der Waals surface area contributed by atoms with Crippen molar-refractivity contribution in [2.75, 3.05) is 13.1 Å². The maximum Gasteiger partial charge on any atom is 0.265 e. The molecule has 0 radical (unpaired) electrons. The van der Waals surface area contributed by atoms with Crippen LogP contribution in [0.25, 0.3) is 10.6 Å². The van der Waals surface area contributed by atoms with Gasteiger partial charge >= 0.3 is 0 Å². The molecule has 2 heterocycles. The van der Waals surface area contributed by atoms with E-state index >= 15 is 0 Å². The number of benzene rings is 1. The van der Waals surface area contributed by atoms with Crippen molar-refractivity contribution in [3.8, 4) is 10.6 Å². The lowest BCUT2D eigenvalue weighted by Gasteiger charge is -2.38. The first-order valence-corrected chi connectivity index (χ1v) is 8.14. The second kappa shape index (κ2) is 8.76. The number of aromatic nitrogens is 1. The van der Waals surface area contributed by atoms with E-state index in [0.29, 0.717) is 22.0 Å². The van der Waals surface area contributed by atoms with Crippen LogP contribution in [-0.4, -0.2) is 41.0 Å². The van der Waals surface area contributed by atoms with Crippen LogP contribution in [0.4, 0.5) is 4.39 Å². The lowest BCUT2D eigenvalue weighted by molar-refractivity contribution is 0.0607. The Kier molecular flexibility index (Phi) is 7.60. The number of amides is 1. The van der Waals surface area contributed by atoms with E-state index in [1.807, 2.05) is 11.8 Å². The molecule has 0 bridgehead atoms. The van der Waals surface area contributed by atoms with Gasteiger partial charge in [-0.15, -0.1) is 36.2 Å². The number of nitrogens with zero attached hydrogens (tertiary/aromatic N) is 2. The van der Waals surface area contributed by atoms with Crippen molar-refractivity contribution >= 4 is 42.1 Å². The highest BCUT2D eigenvalue weighted by Gasteiger charge is 2.29. The molecule has 2 atom stereocenters. The van der Waals surface area contributed by atoms with Crippen LogP contribution >= 0.6 is 36.2 Å². The molecular weight excluding hydrogens is 372 g/mol. The van der Waals surface area contributed by atoms with Gasteiger partial charge in [-0.25, -0.2) is 9.37 Å². The molecule has 2 aromatic rings. The normalized spacial score (nSPS) is 20.0. The molecule has 24 heavy (non-hydrogen) atoms. The summed E-state index contributed by atoms with van der Waals surface area (Å²) < 4.78 is 13.8. The highest BCUT2D eigenvalue weighted by molar-refractivity contribution is 7.16. The van der Waals surface area contributed by atoms with Gasteiger partial charge in [-0.3, -0.25) is 4.79 Å². The Morgan fingerprint density at radius 3 is 2.75 bits per heavy atom. The largest absolute Gasteiger partial charge is 0.332 e. The molecule has 132 valence electrons. The number of carbonyl (C=O) groups excluding carboxylic acids is 1. The van der Waals surface area contributed by atoms with Gasteiger partial charge in [0.2, 0.25) is 0 Å². The van der Waals surface area contributed by atoms with Crippen LogP contribution in [-0.2, 0) is 0 Å². The van der Waals surface area contributed by atoms with Gasteiger partial charge < -0.3 is 10.2 Å². The molecule has 4 nitrogen and oxygen atoms in total. The zero-order valence-electron chi connectivity index (χ0n) is 13.4. The third-order valence-electron chi connectivity index (χ3n) is 4.12. The van der Waals surface area contributed by atoms with Crippen LogP contribution in [0.15, 0.2) is 30.5 Å². The first-order chi connectivity index (χ1) is 10.6. The van der Waals surface area contributed by atoms with Crippen molar-refractivity contribution in [2.24, 2.45) is 0 Å². The molecule has 8 heteroatoms. The summed E-state index contributed by atoms with van der Waals surface area (Å²) in [5, 5.41) is 3.89. The van der Waals surface area contributed by atoms with Crippen LogP contribution in [0.2, 0.25) is 0 Å². The minimum atomic E-state index is -0.319. The van der Waals surface area contributed by atoms with E-state index in [0.717, 1.165) is 6.54 Å². The van der Waals surface area contributed by atoms with Crippen LogP contribution in [0, 0.1) is 5.82 Å². The standard InChI is InChI=1S/C16H18FN3OS.2ClH/c1-10-11(2)20(8-7-18-10)16(21)14-9-19-15(22-14)12-5-3-4-6-13(12)17;;/h3-6,9-11,18H,7-8H2,1-2H3;2*1H. The van der Waals surface area contributed by atoms with Crippen molar-refractivity contribution in [3.63, 3.8) is 0 Å². The summed E-state index contributed by atoms with van der Waals surface area (Å²) in [4.78, 5) is 19.3. The molecule has 1 saturated heterocycles. The molecule has 1 aromatic carbocycles. The quantitative estimate of drug-likeness (QED) is 0.849. The zero-order chi connectivity index (χ0) is 15.7. The fourth-order valence-corrected chi connectivity index (χ4v) is 3.52. The van der Waals surface area contributed by atoms with E-state index in [4.69, 9.17) is 0 Å². The van der Waals surface area contributed by atoms with Crippen molar-refractivity contribution in [1.82, 2.24) is 15.2 Å². The fourth-order valence-electron chi connectivity index (χ4n) is 2.62. The Morgan fingerprint density at radius 1 is 1.33 bits per heavy atom. The van der Waals surface area contributed by atoms with Crippen molar-refractivity contribution < 1.29 is 9.18 Å². The summed E-state index contributed by atoms with van der Waals surface area (Å²) in [6.07, 6.45) is 1.55. The molecule has 1 aromatic heterocycles. The smallest absolute Gasteiger partial charge is 0.265 e. The summed E-state index contributed by atoms with van der Waals surface area (Å²) >= 11 is 1.24. The van der Waals surface area contributed by atoms with Crippen molar-refractivity contribution in [1.29, 1.82) is 0 Å². The molecule has 0 saturated carbocycles. The van der Waals surface area contributed by atoms with E-state index in [-0.39, 0.29) is 48.6 Å². The number of carbonyl (C=O) groups is 1. The van der Waals surface area contributed by atoms with Gasteiger partial charge in [-0.1, -0.05) is 12.1 Å². The monoisotopic (exact) mass is 391 g/mol. The van der Waals surface area contributed by atoms with Crippen LogP contribution in [0.5, 0.6) is 0 Å². The lowest BCUT2D eigenvalue weighted by atomic mass is 10.1. The van der Waals surface area contributed by atoms with Gasteiger partial charge in [0.1, 0.15) is 15.7 Å². The van der Waals surface area contributed by atoms with E-state index in [2.05, 4.69) is 17.2 Å². The number of thiazole rings is 1. The number of rotatable bonds is 2. The summed E-state index contributed by atoms with van der Waals surface area (Å²) in [5.74, 6) is -0.346. The van der Waals surface area contributed by atoms with Gasteiger partial charge in [0.05, 0.1) is 6.20 Å². The molecule has 2 unspecified atom stereocenters. The van der Waals surface area contributed by atoms with Gasteiger partial charge in [0, 0.05) is 30.7 Å². The van der Waals surface area contributed by atoms with Gasteiger partial charge in [-0.05, 0) is 26.0 Å². The minimum absolute atomic E-state index is 0. The third-order valence-corrected chi connectivity index (χ3v) is 5.13. The predicted molar refractivity (Wildman–Crippen MR) is 100.0 cm³/mol. The Morgan fingerprint density at radius 2 is 2.04 bits per heavy atom. The molecule has 1 N–H and O–H groups in total. The molecular formula is C16H20Cl2FN3OS. The Balaban J connectivity index is 0.00000144. The molecule has 1 aliphatic rings. The number of nitrogens with one attached hydrogen (secondary N) is 1. The average Bonchev–Trinajstić information content (AvgIpc) is 2.99. The molecule has 0 spiro atoms. The Bertz CT molecular complexity index is 697. The molecule has 1 amide bonds. The summed E-state index contributed by atoms with van der Waals surface area (Å²) in [6, 6.07) is 6.87. The van der Waals surface area contributed by atoms with Crippen molar-refractivity contribution in [2.45, 2.75) is 25.9 Å². The molecule has 1 aliphatic heterocycles. The van der Waals surface area contributed by atoms with Crippen LogP contribution in [0.3, 0.4) is 0 Å². The lowest BCUT2D eigenvalue weighted by Crippen LogP contribution is -2.57. The van der Waals surface area contributed by atoms with E-state index < -0.39 is 0 Å². The number of hydrogen-bond donors (Lipinski definition) is 1. The molecule has 0 aliphatic carbocycles. The second-order valence-electron chi connectivity index (χ2n) is 5.49. The molecule has 1 fully saturated rings. The van der Waals surface area contributed by atoms with Gasteiger partial charge in [0.15, 0.2) is 0 Å². The summed E-state index contributed by atoms with van der Waals surface area (Å²) in [6.45, 7) is 5.57. The summed E-state index contributed by atoms with van der Waals surface area (Å²) in [5.41, 5.74) is 0.438. The second-order valence-corrected chi connectivity index (χ2v) is 6.52. The van der Waals surface area contributed by atoms with Crippen molar-refractivity contribution in [3.05, 3.63) is 41.2 Å². The topological polar surface area (TPSA) is 45.2 Å². The Labute approximate surface area is 157 Å². The zero-order valence-corrected chi connectivity index (χ0v) is 15.8. The fraction of sp³-hybridized carbons (Fsp3) is 0.375. The maximum atomic E-state index is 13.8. The highest BCUT2D eigenvalue weighted by Crippen LogP contribution is 2.28. The van der Waals surface area contributed by atoms with E-state index in [1.165, 1.54) is 17.4 Å². The third kappa shape index (κ3) is 4.06. The maximum absolute atomic E-state index is 13.8. The SMILES string of the molecule is CC1NCCN(C(=O)c2cnc(-c3ccccc3F)s2)C1C.Cl.Cl. The first kappa shape index (κ1) is 20.8. The average molecular weight is 392 g/mol. The van der Waals surface area contributed by atoms with Crippen LogP contribution < -0.4 is 5.32 Å². The summed E-state index contributed by atoms with van der Waals surface area (Å²) in [7, 11) is 0. The first-order valence-electron chi connectivity index (χ1n) is 7.33. The van der Waals surface area contributed by atoms with E-state index in [9.17, 15) is 9.18 Å². The Hall–Kier alpha value is -1.21. The predicted octanol–water partition coefficient (Wildman–Crippen LogP) is 3.62. The number of piperazine rings is 1. The van der Waals surface area contributed by atoms with E-state index in [1.54, 1.807) is 24.4 Å². The number of halogens is 3. The molecule has 3 rings (SSSR count). The highest BCUT2D eigenvalue weighted by atomic mass is 35.5. The minimum Gasteiger partial charge on any atom is -0.332 e. The van der Waals surface area contributed by atoms with Gasteiger partial charge in [0.25, 0.3) is 5.91 Å². The van der Waals surface area contributed by atoms with Crippen LogP contribution in [0.1, 0.15) is 23.5 Å². The number of hydrogen-bond acceptors (Lipinski definition) is 4. The van der Waals surface area contributed by atoms with Gasteiger partial charge in [-0.2, -0.15) is 0 Å².